The fraction of sp³-hybridized carbons (Fsp3) is 0.300. The maximum Gasteiger partial charge on any atom is 0.157 e. The van der Waals surface area contributed by atoms with Gasteiger partial charge in [0.2, 0.25) is 0 Å². The monoisotopic (exact) mass is 245 g/mol. The molecule has 0 aliphatic carbocycles. The summed E-state index contributed by atoms with van der Waals surface area (Å²) in [6, 6.07) is 6.58. The lowest BCUT2D eigenvalue weighted by Crippen LogP contribution is -3.00. The summed E-state index contributed by atoms with van der Waals surface area (Å²) in [5, 5.41) is 4.17. The van der Waals surface area contributed by atoms with E-state index >= 15 is 0 Å². The highest BCUT2D eigenvalue weighted by Gasteiger charge is 2.05. The van der Waals surface area contributed by atoms with E-state index in [4.69, 9.17) is 0 Å². The van der Waals surface area contributed by atoms with Gasteiger partial charge in [0.05, 0.1) is 6.54 Å². The van der Waals surface area contributed by atoms with Crippen molar-refractivity contribution < 1.29 is 16.8 Å². The molecule has 0 saturated heterocycles. The van der Waals surface area contributed by atoms with Crippen LogP contribution < -0.4 is 17.7 Å². The van der Waals surface area contributed by atoms with Crippen LogP contribution >= 0.6 is 11.8 Å². The van der Waals surface area contributed by atoms with E-state index in [1.165, 1.54) is 12.1 Å². The molecule has 0 atom stereocenters. The third kappa shape index (κ3) is 3.72. The van der Waals surface area contributed by atoms with Crippen molar-refractivity contribution in [3.8, 4) is 0 Å². The molecule has 0 saturated carbocycles. The molecule has 0 spiro atoms. The molecule has 2 rings (SSSR count). The molecule has 1 aliphatic heterocycles. The first kappa shape index (κ1) is 12.3. The van der Waals surface area contributed by atoms with Gasteiger partial charge >= 0.3 is 0 Å². The van der Waals surface area contributed by atoms with Crippen molar-refractivity contribution in [3.63, 3.8) is 0 Å². The van der Waals surface area contributed by atoms with Crippen molar-refractivity contribution in [1.29, 1.82) is 0 Å². The molecule has 5 heteroatoms. The second-order valence-corrected chi connectivity index (χ2v) is 3.99. The van der Waals surface area contributed by atoms with Crippen LogP contribution in [0.3, 0.4) is 0 Å². The molecular formula is C10H11ClFN2S-. The van der Waals surface area contributed by atoms with E-state index in [0.29, 0.717) is 0 Å². The van der Waals surface area contributed by atoms with E-state index in [1.807, 2.05) is 0 Å². The Morgan fingerprint density at radius 2 is 2.07 bits per heavy atom. The highest BCUT2D eigenvalue weighted by Crippen LogP contribution is 2.14. The molecule has 0 aromatic heterocycles. The van der Waals surface area contributed by atoms with Crippen molar-refractivity contribution >= 4 is 16.9 Å². The maximum absolute atomic E-state index is 12.6. The molecule has 15 heavy (non-hydrogen) atoms. The van der Waals surface area contributed by atoms with Gasteiger partial charge < -0.3 is 17.7 Å². The fourth-order valence-corrected chi connectivity index (χ4v) is 2.09. The normalized spacial score (nSPS) is 14.1. The summed E-state index contributed by atoms with van der Waals surface area (Å²) in [7, 11) is 0. The van der Waals surface area contributed by atoms with Crippen LogP contribution in [0.25, 0.3) is 0 Å². The number of nitrogens with one attached hydrogen (secondary N) is 1. The molecule has 1 heterocycles. The van der Waals surface area contributed by atoms with E-state index in [-0.39, 0.29) is 18.2 Å². The quantitative estimate of drug-likeness (QED) is 0.725. The summed E-state index contributed by atoms with van der Waals surface area (Å²) in [4.78, 5) is 4.26. The predicted molar refractivity (Wildman–Crippen MR) is 58.0 cm³/mol. The summed E-state index contributed by atoms with van der Waals surface area (Å²) in [6.45, 7) is 1.80. The van der Waals surface area contributed by atoms with Crippen molar-refractivity contribution in [3.05, 3.63) is 35.6 Å². The topological polar surface area (TPSA) is 24.4 Å². The summed E-state index contributed by atoms with van der Waals surface area (Å²) in [6.07, 6.45) is 0. The van der Waals surface area contributed by atoms with Gasteiger partial charge in [-0.25, -0.2) is 4.39 Å². The van der Waals surface area contributed by atoms with Gasteiger partial charge in [0.25, 0.3) is 0 Å². The Kier molecular flexibility index (Phi) is 4.91. The lowest BCUT2D eigenvalue weighted by molar-refractivity contribution is -0.00000346. The Balaban J connectivity index is 0.00000112. The molecule has 1 N–H and O–H groups in total. The first-order valence-electron chi connectivity index (χ1n) is 4.50. The van der Waals surface area contributed by atoms with Gasteiger partial charge in [-0.15, -0.1) is 0 Å². The maximum atomic E-state index is 12.6. The lowest BCUT2D eigenvalue weighted by atomic mass is 10.2. The average Bonchev–Trinajstić information content (AvgIpc) is 2.70. The smallest absolute Gasteiger partial charge is 0.157 e. The fourth-order valence-electron chi connectivity index (χ4n) is 1.21. The minimum atomic E-state index is -0.185. The van der Waals surface area contributed by atoms with Crippen LogP contribution in [0.2, 0.25) is 0 Å². The summed E-state index contributed by atoms with van der Waals surface area (Å²) in [5.41, 5.74) is 1.12. The zero-order valence-electron chi connectivity index (χ0n) is 8.04. The Labute approximate surface area is 98.8 Å². The molecule has 2 nitrogen and oxygen atoms in total. The molecule has 1 aromatic carbocycles. The largest absolute Gasteiger partial charge is 1.00 e. The average molecular weight is 246 g/mol. The van der Waals surface area contributed by atoms with Crippen molar-refractivity contribution in [2.24, 2.45) is 4.99 Å². The summed E-state index contributed by atoms with van der Waals surface area (Å²) >= 11 is 1.66. The predicted octanol–water partition coefficient (Wildman–Crippen LogP) is -0.978. The SMILES string of the molecule is Fc1ccc(CSC2=NCCN2)cc1.[Cl-]. The molecule has 0 bridgehead atoms. The highest BCUT2D eigenvalue weighted by molar-refractivity contribution is 8.13. The molecule has 1 aliphatic rings. The van der Waals surface area contributed by atoms with Crippen LogP contribution in [0.4, 0.5) is 4.39 Å². The third-order valence-corrected chi connectivity index (χ3v) is 2.96. The molecule has 0 fully saturated rings. The van der Waals surface area contributed by atoms with Crippen LogP contribution in [-0.2, 0) is 5.75 Å². The first-order chi connectivity index (χ1) is 6.84. The number of amidine groups is 1. The third-order valence-electron chi connectivity index (χ3n) is 1.93. The zero-order valence-corrected chi connectivity index (χ0v) is 9.61. The lowest BCUT2D eigenvalue weighted by Gasteiger charge is -2.01. The number of thioether (sulfide) groups is 1. The number of aliphatic imine (C=N–C) groups is 1. The number of hydrogen-bond acceptors (Lipinski definition) is 3. The van der Waals surface area contributed by atoms with Gasteiger partial charge in [-0.3, -0.25) is 4.99 Å². The number of benzene rings is 1. The van der Waals surface area contributed by atoms with Crippen LogP contribution in [-0.4, -0.2) is 18.3 Å². The Hall–Kier alpha value is -0.740. The molecular weight excluding hydrogens is 235 g/mol. The van der Waals surface area contributed by atoms with Gasteiger partial charge in [-0.1, -0.05) is 23.9 Å². The Morgan fingerprint density at radius 3 is 2.67 bits per heavy atom. The standard InChI is InChI=1S/C10H11FN2S.ClH/c11-9-3-1-8(2-4-9)7-14-10-12-5-6-13-10;/h1-4H,5-7H2,(H,12,13);1H/p-1. The van der Waals surface area contributed by atoms with Crippen molar-refractivity contribution in [2.75, 3.05) is 13.1 Å². The van der Waals surface area contributed by atoms with Gasteiger partial charge in [0.1, 0.15) is 5.82 Å². The van der Waals surface area contributed by atoms with Gasteiger partial charge in [0.15, 0.2) is 5.17 Å². The second-order valence-electron chi connectivity index (χ2n) is 3.03. The minimum Gasteiger partial charge on any atom is -1.00 e. The minimum absolute atomic E-state index is 0. The van der Waals surface area contributed by atoms with E-state index in [0.717, 1.165) is 29.6 Å². The van der Waals surface area contributed by atoms with Crippen LogP contribution in [0.1, 0.15) is 5.56 Å². The van der Waals surface area contributed by atoms with Crippen LogP contribution in [0.5, 0.6) is 0 Å². The number of hydrogen-bond donors (Lipinski definition) is 1. The number of halogens is 2. The summed E-state index contributed by atoms with van der Waals surface area (Å²) < 4.78 is 12.6. The first-order valence-corrected chi connectivity index (χ1v) is 5.49. The van der Waals surface area contributed by atoms with Gasteiger partial charge in [-0.2, -0.15) is 0 Å². The highest BCUT2D eigenvalue weighted by atomic mass is 35.5. The van der Waals surface area contributed by atoms with E-state index < -0.39 is 0 Å². The van der Waals surface area contributed by atoms with E-state index in [2.05, 4.69) is 10.3 Å². The number of nitrogens with zero attached hydrogens (tertiary/aromatic N) is 1. The second kappa shape index (κ2) is 5.98. The Morgan fingerprint density at radius 1 is 1.33 bits per heavy atom. The van der Waals surface area contributed by atoms with Crippen molar-refractivity contribution in [2.45, 2.75) is 5.75 Å². The van der Waals surface area contributed by atoms with E-state index in [9.17, 15) is 4.39 Å². The van der Waals surface area contributed by atoms with Gasteiger partial charge in [0, 0.05) is 12.3 Å². The molecule has 0 radical (unpaired) electrons. The molecule has 82 valence electrons. The van der Waals surface area contributed by atoms with Gasteiger partial charge in [-0.05, 0) is 17.7 Å². The van der Waals surface area contributed by atoms with Crippen molar-refractivity contribution in [1.82, 2.24) is 5.32 Å². The van der Waals surface area contributed by atoms with E-state index in [1.54, 1.807) is 23.9 Å². The zero-order chi connectivity index (χ0) is 9.80. The summed E-state index contributed by atoms with van der Waals surface area (Å²) in [5.74, 6) is 0.654. The van der Waals surface area contributed by atoms with Crippen LogP contribution in [0.15, 0.2) is 29.3 Å². The molecule has 1 aromatic rings. The molecule has 0 amide bonds. The number of rotatable bonds is 2. The Bertz CT molecular complexity index is 340. The molecule has 0 unspecified atom stereocenters. The van der Waals surface area contributed by atoms with Crippen LogP contribution in [0, 0.1) is 5.82 Å².